The van der Waals surface area contributed by atoms with Crippen LogP contribution in [0, 0.1) is 5.92 Å². The Morgan fingerprint density at radius 3 is 2.92 bits per heavy atom. The molecule has 128 valence electrons. The fourth-order valence-corrected chi connectivity index (χ4v) is 4.17. The Morgan fingerprint density at radius 1 is 1.42 bits per heavy atom. The fourth-order valence-electron chi connectivity index (χ4n) is 2.11. The number of nitrogens with zero attached hydrogens (tertiary/aromatic N) is 3. The van der Waals surface area contributed by atoms with E-state index >= 15 is 0 Å². The molecule has 2 aromatic heterocycles. The van der Waals surface area contributed by atoms with Gasteiger partial charge < -0.3 is 10.6 Å². The largest absolute Gasteiger partial charge is 0.357 e. The molecule has 6 nitrogen and oxygen atoms in total. The molecule has 1 atom stereocenters. The molecule has 3 rings (SSSR count). The lowest BCUT2D eigenvalue weighted by Crippen LogP contribution is -2.35. The van der Waals surface area contributed by atoms with Crippen LogP contribution in [0.1, 0.15) is 32.3 Å². The van der Waals surface area contributed by atoms with Crippen LogP contribution in [0.15, 0.2) is 28.9 Å². The minimum absolute atomic E-state index is 0.0192. The van der Waals surface area contributed by atoms with Gasteiger partial charge in [-0.25, -0.2) is 0 Å². The maximum Gasteiger partial charge on any atom is 0.234 e. The topological polar surface area (TPSA) is 79.8 Å². The Kier molecular flexibility index (Phi) is 5.68. The summed E-state index contributed by atoms with van der Waals surface area (Å²) in [5.74, 6) is 0.221. The highest BCUT2D eigenvalue weighted by atomic mass is 32.2. The first-order valence-corrected chi connectivity index (χ1v) is 9.74. The molecule has 0 aromatic carbocycles. The Hall–Kier alpha value is -1.67. The normalized spacial score (nSPS) is 15.3. The van der Waals surface area contributed by atoms with Crippen LogP contribution in [0.25, 0.3) is 0 Å². The smallest absolute Gasteiger partial charge is 0.234 e. The molecular formula is C16H21N5OS2. The van der Waals surface area contributed by atoms with Crippen LogP contribution in [-0.4, -0.2) is 32.4 Å². The van der Waals surface area contributed by atoms with Crippen LogP contribution in [0.2, 0.25) is 0 Å². The lowest BCUT2D eigenvalue weighted by molar-refractivity contribution is -0.121. The molecule has 1 saturated carbocycles. The van der Waals surface area contributed by atoms with Crippen LogP contribution < -0.4 is 10.6 Å². The zero-order chi connectivity index (χ0) is 16.9. The Balaban J connectivity index is 1.56. The maximum absolute atomic E-state index is 12.5. The van der Waals surface area contributed by atoms with Gasteiger partial charge in [0.15, 0.2) is 4.34 Å². The number of hydrogen-bond acceptors (Lipinski definition) is 7. The molecule has 1 aliphatic carbocycles. The van der Waals surface area contributed by atoms with Gasteiger partial charge in [0.05, 0.1) is 5.25 Å². The summed E-state index contributed by atoms with van der Waals surface area (Å²) in [6.07, 6.45) is 5.89. The Labute approximate surface area is 149 Å². The number of thioether (sulfide) groups is 1. The molecule has 0 radical (unpaired) electrons. The minimum Gasteiger partial charge on any atom is -0.357 e. The van der Waals surface area contributed by atoms with Crippen molar-refractivity contribution in [2.24, 2.45) is 5.92 Å². The molecule has 2 N–H and O–H groups in total. The first-order chi connectivity index (χ1) is 11.6. The predicted molar refractivity (Wildman–Crippen MR) is 97.1 cm³/mol. The lowest BCUT2D eigenvalue weighted by atomic mass is 10.1. The molecule has 1 fully saturated rings. The number of amides is 1. The lowest BCUT2D eigenvalue weighted by Gasteiger charge is -2.18. The summed E-state index contributed by atoms with van der Waals surface area (Å²) in [7, 11) is 0. The maximum atomic E-state index is 12.5. The van der Waals surface area contributed by atoms with Crippen molar-refractivity contribution < 1.29 is 4.79 Å². The molecule has 1 amide bonds. The number of nitrogens with one attached hydrogen (secondary N) is 2. The summed E-state index contributed by atoms with van der Waals surface area (Å²) in [5.41, 5.74) is 0.991. The summed E-state index contributed by atoms with van der Waals surface area (Å²) in [6.45, 7) is 4.58. The molecule has 0 aliphatic heterocycles. The Morgan fingerprint density at radius 2 is 2.25 bits per heavy atom. The van der Waals surface area contributed by atoms with Crippen molar-refractivity contribution in [3.8, 4) is 0 Å². The van der Waals surface area contributed by atoms with E-state index < -0.39 is 0 Å². The molecule has 0 unspecified atom stereocenters. The van der Waals surface area contributed by atoms with Gasteiger partial charge in [-0.3, -0.25) is 9.78 Å². The van der Waals surface area contributed by atoms with Gasteiger partial charge in [-0.05, 0) is 30.4 Å². The van der Waals surface area contributed by atoms with Crippen molar-refractivity contribution in [1.82, 2.24) is 20.5 Å². The van der Waals surface area contributed by atoms with Gasteiger partial charge in [0.25, 0.3) is 0 Å². The highest BCUT2D eigenvalue weighted by Gasteiger charge is 2.26. The number of carbonyl (C=O) groups is 1. The van der Waals surface area contributed by atoms with Crippen LogP contribution in [0.5, 0.6) is 0 Å². The minimum atomic E-state index is -0.191. The first-order valence-electron chi connectivity index (χ1n) is 8.05. The van der Waals surface area contributed by atoms with E-state index in [1.165, 1.54) is 35.9 Å². The number of aromatic nitrogens is 3. The molecule has 0 bridgehead atoms. The monoisotopic (exact) mass is 363 g/mol. The summed E-state index contributed by atoms with van der Waals surface area (Å²) in [6, 6.07) is 4.37. The van der Waals surface area contributed by atoms with Crippen molar-refractivity contribution in [3.63, 3.8) is 0 Å². The summed E-state index contributed by atoms with van der Waals surface area (Å²) < 4.78 is 0.827. The third kappa shape index (κ3) is 4.91. The number of rotatable bonds is 8. The molecule has 8 heteroatoms. The van der Waals surface area contributed by atoms with E-state index in [0.717, 1.165) is 15.0 Å². The van der Waals surface area contributed by atoms with Gasteiger partial charge in [-0.15, -0.1) is 10.2 Å². The molecule has 24 heavy (non-hydrogen) atoms. The summed E-state index contributed by atoms with van der Waals surface area (Å²) in [4.78, 5) is 16.6. The second kappa shape index (κ2) is 7.94. The average molecular weight is 364 g/mol. The van der Waals surface area contributed by atoms with Crippen molar-refractivity contribution in [3.05, 3.63) is 30.1 Å². The Bertz CT molecular complexity index is 672. The first kappa shape index (κ1) is 17.2. The fraction of sp³-hybridized carbons (Fsp3) is 0.500. The van der Waals surface area contributed by atoms with E-state index in [2.05, 4.69) is 25.8 Å². The standard InChI is InChI=1S/C16H21N5OS2/c1-10(2)13(14(22)18-9-11-4-3-7-17-8-11)23-16-21-20-15(24-16)19-12-5-6-12/h3-4,7-8,10,12-13H,5-6,9H2,1-2H3,(H,18,22)(H,19,20)/t13-/m1/s1. The van der Waals surface area contributed by atoms with Gasteiger partial charge in [-0.2, -0.15) is 0 Å². The molecular weight excluding hydrogens is 342 g/mol. The number of carbonyl (C=O) groups excluding carboxylic acids is 1. The number of anilines is 1. The number of hydrogen-bond donors (Lipinski definition) is 2. The molecule has 2 heterocycles. The van der Waals surface area contributed by atoms with Crippen molar-refractivity contribution in [2.45, 2.75) is 48.9 Å². The molecule has 0 saturated heterocycles. The van der Waals surface area contributed by atoms with E-state index in [-0.39, 0.29) is 17.1 Å². The van der Waals surface area contributed by atoms with Crippen molar-refractivity contribution in [2.75, 3.05) is 5.32 Å². The third-order valence-electron chi connectivity index (χ3n) is 3.59. The van der Waals surface area contributed by atoms with E-state index in [4.69, 9.17) is 0 Å². The van der Waals surface area contributed by atoms with Crippen molar-refractivity contribution in [1.29, 1.82) is 0 Å². The SMILES string of the molecule is CC(C)[C@@H](Sc1nnc(NC2CC2)s1)C(=O)NCc1cccnc1. The zero-order valence-corrected chi connectivity index (χ0v) is 15.4. The quantitative estimate of drug-likeness (QED) is 0.702. The van der Waals surface area contributed by atoms with Crippen LogP contribution >= 0.6 is 23.1 Å². The number of pyridine rings is 1. The highest BCUT2D eigenvalue weighted by molar-refractivity contribution is 8.02. The predicted octanol–water partition coefficient (Wildman–Crippen LogP) is 2.94. The second-order valence-electron chi connectivity index (χ2n) is 6.15. The second-order valence-corrected chi connectivity index (χ2v) is 8.52. The van der Waals surface area contributed by atoms with Gasteiger partial charge in [0.2, 0.25) is 11.0 Å². The molecule has 0 spiro atoms. The van der Waals surface area contributed by atoms with E-state index in [1.54, 1.807) is 12.4 Å². The van der Waals surface area contributed by atoms with Crippen LogP contribution in [0.3, 0.4) is 0 Å². The van der Waals surface area contributed by atoms with Crippen LogP contribution in [0.4, 0.5) is 5.13 Å². The highest BCUT2D eigenvalue weighted by Crippen LogP contribution is 2.34. The van der Waals surface area contributed by atoms with Gasteiger partial charge in [-0.1, -0.05) is 43.0 Å². The summed E-state index contributed by atoms with van der Waals surface area (Å²) in [5, 5.41) is 15.3. The van der Waals surface area contributed by atoms with Gasteiger partial charge in [0, 0.05) is 25.0 Å². The molecule has 1 aliphatic rings. The average Bonchev–Trinajstić information content (AvgIpc) is 3.28. The van der Waals surface area contributed by atoms with E-state index in [1.807, 2.05) is 26.0 Å². The van der Waals surface area contributed by atoms with E-state index in [9.17, 15) is 4.79 Å². The van der Waals surface area contributed by atoms with Crippen LogP contribution in [-0.2, 0) is 11.3 Å². The van der Waals surface area contributed by atoms with Gasteiger partial charge >= 0.3 is 0 Å². The third-order valence-corrected chi connectivity index (χ3v) is 6.08. The van der Waals surface area contributed by atoms with Crippen molar-refractivity contribution >= 4 is 34.1 Å². The summed E-state index contributed by atoms with van der Waals surface area (Å²) >= 11 is 3.00. The van der Waals surface area contributed by atoms with Gasteiger partial charge in [0.1, 0.15) is 0 Å². The zero-order valence-electron chi connectivity index (χ0n) is 13.7. The molecule has 2 aromatic rings. The van der Waals surface area contributed by atoms with E-state index in [0.29, 0.717) is 12.6 Å².